The van der Waals surface area contributed by atoms with Crippen molar-refractivity contribution in [3.8, 4) is 0 Å². The number of hydrogen-bond acceptors (Lipinski definition) is 2. The van der Waals surface area contributed by atoms with Crippen molar-refractivity contribution in [2.75, 3.05) is 26.2 Å². The SMILES string of the molecule is CC[C@H](C(=O)N1CCN(C(=O)[C@@H](CC)c2ccccc2)CC1)c1ccccc1. The van der Waals surface area contributed by atoms with Crippen LogP contribution < -0.4 is 0 Å². The minimum atomic E-state index is -0.101. The van der Waals surface area contributed by atoms with E-state index in [0.717, 1.165) is 24.0 Å². The molecule has 4 heteroatoms. The number of rotatable bonds is 6. The van der Waals surface area contributed by atoms with E-state index in [9.17, 15) is 9.59 Å². The molecule has 2 aromatic rings. The quantitative estimate of drug-likeness (QED) is 0.761. The molecule has 0 saturated carbocycles. The average molecular weight is 379 g/mol. The molecule has 2 aromatic carbocycles. The first-order valence-electron chi connectivity index (χ1n) is 10.3. The van der Waals surface area contributed by atoms with Gasteiger partial charge in [-0.25, -0.2) is 0 Å². The van der Waals surface area contributed by atoms with Gasteiger partial charge >= 0.3 is 0 Å². The van der Waals surface area contributed by atoms with Crippen molar-refractivity contribution in [2.45, 2.75) is 38.5 Å². The standard InChI is InChI=1S/C24H30N2O2/c1-3-21(19-11-7-5-8-12-19)23(27)25-15-17-26(18-16-25)24(28)22(4-2)20-13-9-6-10-14-20/h5-14,21-22H,3-4,15-18H2,1-2H3/t21-,22-/m0/s1. The number of carbonyl (C=O) groups is 2. The van der Waals surface area contributed by atoms with E-state index < -0.39 is 0 Å². The van der Waals surface area contributed by atoms with E-state index >= 15 is 0 Å². The molecule has 2 atom stereocenters. The molecule has 3 rings (SSSR count). The zero-order chi connectivity index (χ0) is 19.9. The first-order valence-corrected chi connectivity index (χ1v) is 10.3. The summed E-state index contributed by atoms with van der Waals surface area (Å²) >= 11 is 0. The lowest BCUT2D eigenvalue weighted by atomic mass is 9.94. The second kappa shape index (κ2) is 9.54. The third-order valence-electron chi connectivity index (χ3n) is 5.72. The molecule has 0 unspecified atom stereocenters. The summed E-state index contributed by atoms with van der Waals surface area (Å²) in [5.74, 6) is 0.152. The highest BCUT2D eigenvalue weighted by atomic mass is 16.2. The molecular formula is C24H30N2O2. The van der Waals surface area contributed by atoms with Crippen LogP contribution in [-0.4, -0.2) is 47.8 Å². The molecular weight excluding hydrogens is 348 g/mol. The molecule has 0 bridgehead atoms. The Hall–Kier alpha value is -2.62. The van der Waals surface area contributed by atoms with Crippen LogP contribution in [0.15, 0.2) is 60.7 Å². The van der Waals surface area contributed by atoms with Gasteiger partial charge in [-0.05, 0) is 24.0 Å². The van der Waals surface area contributed by atoms with Gasteiger partial charge in [0.15, 0.2) is 0 Å². The van der Waals surface area contributed by atoms with Crippen molar-refractivity contribution < 1.29 is 9.59 Å². The average Bonchev–Trinajstić information content (AvgIpc) is 2.76. The van der Waals surface area contributed by atoms with Gasteiger partial charge in [0.1, 0.15) is 0 Å². The Kier molecular flexibility index (Phi) is 6.85. The number of amides is 2. The molecule has 1 fully saturated rings. The molecule has 0 aromatic heterocycles. The summed E-state index contributed by atoms with van der Waals surface area (Å²) < 4.78 is 0. The lowest BCUT2D eigenvalue weighted by molar-refractivity contribution is -0.141. The molecule has 2 amide bonds. The highest BCUT2D eigenvalue weighted by molar-refractivity contribution is 5.85. The first-order chi connectivity index (χ1) is 13.7. The highest BCUT2D eigenvalue weighted by Gasteiger charge is 2.31. The van der Waals surface area contributed by atoms with Crippen LogP contribution in [0.5, 0.6) is 0 Å². The van der Waals surface area contributed by atoms with Gasteiger partial charge in [-0.3, -0.25) is 9.59 Å². The highest BCUT2D eigenvalue weighted by Crippen LogP contribution is 2.25. The molecule has 1 aliphatic rings. The topological polar surface area (TPSA) is 40.6 Å². The third-order valence-corrected chi connectivity index (χ3v) is 5.72. The summed E-state index contributed by atoms with van der Waals surface area (Å²) in [5, 5.41) is 0. The fourth-order valence-electron chi connectivity index (χ4n) is 4.06. The molecule has 4 nitrogen and oxygen atoms in total. The largest absolute Gasteiger partial charge is 0.339 e. The lowest BCUT2D eigenvalue weighted by Crippen LogP contribution is -2.52. The molecule has 1 aliphatic heterocycles. The maximum atomic E-state index is 13.0. The second-order valence-corrected chi connectivity index (χ2v) is 7.39. The Morgan fingerprint density at radius 1 is 0.679 bits per heavy atom. The fourth-order valence-corrected chi connectivity index (χ4v) is 4.06. The molecule has 0 spiro atoms. The number of nitrogens with zero attached hydrogens (tertiary/aromatic N) is 2. The molecule has 0 N–H and O–H groups in total. The van der Waals surface area contributed by atoms with Crippen LogP contribution in [0, 0.1) is 0 Å². The molecule has 0 aliphatic carbocycles. The number of carbonyl (C=O) groups excluding carboxylic acids is 2. The predicted octanol–water partition coefficient (Wildman–Crippen LogP) is 4.04. The zero-order valence-electron chi connectivity index (χ0n) is 16.9. The van der Waals surface area contributed by atoms with Crippen molar-refractivity contribution in [1.29, 1.82) is 0 Å². The van der Waals surface area contributed by atoms with Crippen molar-refractivity contribution in [1.82, 2.24) is 9.80 Å². The van der Waals surface area contributed by atoms with Gasteiger partial charge in [0.2, 0.25) is 11.8 Å². The van der Waals surface area contributed by atoms with Crippen LogP contribution in [-0.2, 0) is 9.59 Å². The fraction of sp³-hybridized carbons (Fsp3) is 0.417. The van der Waals surface area contributed by atoms with Gasteiger partial charge in [-0.15, -0.1) is 0 Å². The van der Waals surface area contributed by atoms with E-state index in [2.05, 4.69) is 13.8 Å². The Morgan fingerprint density at radius 2 is 1.00 bits per heavy atom. The number of hydrogen-bond donors (Lipinski definition) is 0. The minimum Gasteiger partial charge on any atom is -0.339 e. The predicted molar refractivity (Wildman–Crippen MR) is 112 cm³/mol. The monoisotopic (exact) mass is 378 g/mol. The lowest BCUT2D eigenvalue weighted by Gasteiger charge is -2.37. The van der Waals surface area contributed by atoms with Gasteiger partial charge in [0.25, 0.3) is 0 Å². The van der Waals surface area contributed by atoms with E-state index in [-0.39, 0.29) is 23.7 Å². The summed E-state index contributed by atoms with van der Waals surface area (Å²) in [4.78, 5) is 29.9. The van der Waals surface area contributed by atoms with Crippen LogP contribution in [0.3, 0.4) is 0 Å². The van der Waals surface area contributed by atoms with Gasteiger partial charge in [-0.1, -0.05) is 74.5 Å². The van der Waals surface area contributed by atoms with E-state index in [0.29, 0.717) is 26.2 Å². The molecule has 1 saturated heterocycles. The van der Waals surface area contributed by atoms with E-state index in [1.54, 1.807) is 0 Å². The first kappa shape index (κ1) is 20.1. The summed E-state index contributed by atoms with van der Waals surface area (Å²) in [6, 6.07) is 20.0. The Labute approximate surface area is 168 Å². The van der Waals surface area contributed by atoms with Gasteiger partial charge < -0.3 is 9.80 Å². The van der Waals surface area contributed by atoms with Crippen molar-refractivity contribution in [3.63, 3.8) is 0 Å². The minimum absolute atomic E-state index is 0.101. The Morgan fingerprint density at radius 3 is 1.29 bits per heavy atom. The maximum Gasteiger partial charge on any atom is 0.230 e. The second-order valence-electron chi connectivity index (χ2n) is 7.39. The van der Waals surface area contributed by atoms with Crippen LogP contribution in [0.4, 0.5) is 0 Å². The molecule has 28 heavy (non-hydrogen) atoms. The summed E-state index contributed by atoms with van der Waals surface area (Å²) in [7, 11) is 0. The molecule has 1 heterocycles. The van der Waals surface area contributed by atoms with Crippen molar-refractivity contribution >= 4 is 11.8 Å². The van der Waals surface area contributed by atoms with Crippen LogP contribution in [0.2, 0.25) is 0 Å². The Balaban J connectivity index is 1.62. The number of piperazine rings is 1. The van der Waals surface area contributed by atoms with Crippen LogP contribution in [0.1, 0.15) is 49.7 Å². The van der Waals surface area contributed by atoms with Gasteiger partial charge in [-0.2, -0.15) is 0 Å². The number of benzene rings is 2. The zero-order valence-corrected chi connectivity index (χ0v) is 16.9. The van der Waals surface area contributed by atoms with E-state index in [1.807, 2.05) is 70.5 Å². The van der Waals surface area contributed by atoms with Crippen molar-refractivity contribution in [2.24, 2.45) is 0 Å². The van der Waals surface area contributed by atoms with Crippen LogP contribution in [0.25, 0.3) is 0 Å². The molecule has 148 valence electrons. The summed E-state index contributed by atoms with van der Waals surface area (Å²) in [5.41, 5.74) is 2.15. The third kappa shape index (κ3) is 4.44. The normalized spacial score (nSPS) is 16.5. The Bertz CT molecular complexity index is 700. The van der Waals surface area contributed by atoms with E-state index in [1.165, 1.54) is 0 Å². The van der Waals surface area contributed by atoms with Gasteiger partial charge in [0.05, 0.1) is 11.8 Å². The maximum absolute atomic E-state index is 13.0. The van der Waals surface area contributed by atoms with Gasteiger partial charge in [0, 0.05) is 26.2 Å². The van der Waals surface area contributed by atoms with Crippen LogP contribution >= 0.6 is 0 Å². The molecule has 0 radical (unpaired) electrons. The summed E-state index contributed by atoms with van der Waals surface area (Å²) in [6.45, 7) is 6.55. The van der Waals surface area contributed by atoms with Crippen molar-refractivity contribution in [3.05, 3.63) is 71.8 Å². The summed E-state index contributed by atoms with van der Waals surface area (Å²) in [6.07, 6.45) is 1.57. The smallest absolute Gasteiger partial charge is 0.230 e. The van der Waals surface area contributed by atoms with E-state index in [4.69, 9.17) is 0 Å².